The van der Waals surface area contributed by atoms with Crippen molar-refractivity contribution in [3.8, 4) is 0 Å². The van der Waals surface area contributed by atoms with Crippen molar-refractivity contribution in [1.29, 1.82) is 0 Å². The fourth-order valence-electron chi connectivity index (χ4n) is 4.77. The molecule has 2 fully saturated rings. The fourth-order valence-corrected chi connectivity index (χ4v) is 4.77. The Hall–Kier alpha value is -1.95. The molecule has 2 aromatic heterocycles. The molecule has 1 saturated heterocycles. The first kappa shape index (κ1) is 16.5. The van der Waals surface area contributed by atoms with Gasteiger partial charge in [0, 0.05) is 25.4 Å². The summed E-state index contributed by atoms with van der Waals surface area (Å²) in [5.41, 5.74) is 2.75. The molecule has 2 aliphatic rings. The second-order valence-corrected chi connectivity index (χ2v) is 7.82. The van der Waals surface area contributed by atoms with Crippen LogP contribution < -0.4 is 0 Å². The van der Waals surface area contributed by atoms with Gasteiger partial charge in [0.1, 0.15) is 0 Å². The predicted molar refractivity (Wildman–Crippen MR) is 93.5 cm³/mol. The lowest BCUT2D eigenvalue weighted by Gasteiger charge is -2.42. The van der Waals surface area contributed by atoms with Crippen molar-refractivity contribution in [2.24, 2.45) is 5.41 Å². The number of methoxy groups -OCH3 is 1. The molecule has 0 radical (unpaired) electrons. The second-order valence-electron chi connectivity index (χ2n) is 7.82. The normalized spacial score (nSPS) is 29.2. The Kier molecular flexibility index (Phi) is 3.83. The van der Waals surface area contributed by atoms with Crippen molar-refractivity contribution in [1.82, 2.24) is 15.0 Å². The number of fused-ring (bicyclic) bond motifs is 2. The van der Waals surface area contributed by atoms with Crippen molar-refractivity contribution in [2.45, 2.75) is 58.6 Å². The molecule has 4 rings (SSSR count). The number of rotatable bonds is 2. The summed E-state index contributed by atoms with van der Waals surface area (Å²) >= 11 is 0. The van der Waals surface area contributed by atoms with Gasteiger partial charge >= 0.3 is 0 Å². The second kappa shape index (κ2) is 5.80. The van der Waals surface area contributed by atoms with Crippen LogP contribution in [0.15, 0.2) is 10.6 Å². The number of ether oxygens (including phenoxy) is 1. The smallest absolute Gasteiger partial charge is 0.258 e. The van der Waals surface area contributed by atoms with E-state index in [1.165, 1.54) is 0 Å². The summed E-state index contributed by atoms with van der Waals surface area (Å²) < 4.78 is 10.9. The van der Waals surface area contributed by atoms with Gasteiger partial charge in [-0.15, -0.1) is 0 Å². The number of likely N-dealkylation sites (tertiary alicyclic amines) is 1. The highest BCUT2D eigenvalue weighted by molar-refractivity contribution is 6.06. The quantitative estimate of drug-likeness (QED) is 0.837. The van der Waals surface area contributed by atoms with Crippen molar-refractivity contribution in [3.05, 3.63) is 23.0 Å². The highest BCUT2D eigenvalue weighted by Crippen LogP contribution is 2.47. The van der Waals surface area contributed by atoms with Crippen LogP contribution in [0.1, 0.15) is 54.4 Å². The number of aryl methyl sites for hydroxylation is 2. The Labute approximate surface area is 147 Å². The number of pyridine rings is 1. The molecule has 2 aromatic rings. The van der Waals surface area contributed by atoms with E-state index in [0.29, 0.717) is 17.4 Å². The minimum absolute atomic E-state index is 0.0754. The third-order valence-electron chi connectivity index (χ3n) is 6.13. The van der Waals surface area contributed by atoms with Crippen LogP contribution >= 0.6 is 0 Å². The maximum atomic E-state index is 13.4. The van der Waals surface area contributed by atoms with Crippen molar-refractivity contribution < 1.29 is 14.1 Å². The molecular formula is C19H25N3O3. The first-order valence-electron chi connectivity index (χ1n) is 9.00. The van der Waals surface area contributed by atoms with Crippen LogP contribution in [0.25, 0.3) is 11.1 Å². The minimum Gasteiger partial charge on any atom is -0.381 e. The van der Waals surface area contributed by atoms with Gasteiger partial charge in [-0.2, -0.15) is 0 Å². The lowest BCUT2D eigenvalue weighted by Crippen LogP contribution is -2.46. The van der Waals surface area contributed by atoms with Crippen LogP contribution in [-0.4, -0.2) is 46.7 Å². The van der Waals surface area contributed by atoms with Gasteiger partial charge in [0.2, 0.25) is 0 Å². The SMILES string of the molecule is CO[C@@H]1CC[C@H]2N(C(=O)c3cc(C)nc4onc(C)c34)CC[C@@]2(C)C1. The van der Waals surface area contributed by atoms with Crippen molar-refractivity contribution in [2.75, 3.05) is 13.7 Å². The topological polar surface area (TPSA) is 68.5 Å². The molecule has 1 amide bonds. The van der Waals surface area contributed by atoms with Gasteiger partial charge in [-0.1, -0.05) is 12.1 Å². The minimum atomic E-state index is 0.0754. The molecule has 3 heterocycles. The lowest BCUT2D eigenvalue weighted by atomic mass is 9.71. The van der Waals surface area contributed by atoms with E-state index in [4.69, 9.17) is 9.26 Å². The summed E-state index contributed by atoms with van der Waals surface area (Å²) in [6, 6.07) is 2.14. The summed E-state index contributed by atoms with van der Waals surface area (Å²) in [6.07, 6.45) is 4.37. The van der Waals surface area contributed by atoms with Gasteiger partial charge in [-0.3, -0.25) is 4.79 Å². The molecule has 1 aliphatic carbocycles. The summed E-state index contributed by atoms with van der Waals surface area (Å²) in [4.78, 5) is 19.8. The summed E-state index contributed by atoms with van der Waals surface area (Å²) in [5, 5.41) is 4.74. The Bertz CT molecular complexity index is 831. The average Bonchev–Trinajstić information content (AvgIpc) is 3.12. The van der Waals surface area contributed by atoms with Gasteiger partial charge in [-0.25, -0.2) is 4.98 Å². The Morgan fingerprint density at radius 3 is 2.96 bits per heavy atom. The third kappa shape index (κ3) is 2.54. The number of hydrogen-bond donors (Lipinski definition) is 0. The standard InChI is InChI=1S/C19H25N3O3/c1-11-9-14(16-12(2)21-25-17(16)20-11)18(23)22-8-7-19(3)10-13(24-4)5-6-15(19)22/h9,13,15H,5-8,10H2,1-4H3/t13-,15-,19+/m1/s1. The number of aromatic nitrogens is 2. The highest BCUT2D eigenvalue weighted by Gasteiger charge is 2.49. The monoisotopic (exact) mass is 343 g/mol. The van der Waals surface area contributed by atoms with E-state index < -0.39 is 0 Å². The molecule has 1 aliphatic heterocycles. The van der Waals surface area contributed by atoms with Crippen LogP contribution in [0, 0.1) is 19.3 Å². The molecule has 3 atom stereocenters. The van der Waals surface area contributed by atoms with E-state index in [9.17, 15) is 4.79 Å². The number of carbonyl (C=O) groups excluding carboxylic acids is 1. The summed E-state index contributed by atoms with van der Waals surface area (Å²) in [7, 11) is 1.79. The molecule has 1 saturated carbocycles. The van der Waals surface area contributed by atoms with Crippen LogP contribution in [0.5, 0.6) is 0 Å². The lowest BCUT2D eigenvalue weighted by molar-refractivity contribution is -0.00273. The first-order chi connectivity index (χ1) is 11.9. The largest absolute Gasteiger partial charge is 0.381 e. The van der Waals surface area contributed by atoms with E-state index in [-0.39, 0.29) is 17.4 Å². The van der Waals surface area contributed by atoms with Crippen LogP contribution in [0.2, 0.25) is 0 Å². The number of hydrogen-bond acceptors (Lipinski definition) is 5. The molecule has 134 valence electrons. The van der Waals surface area contributed by atoms with Crippen LogP contribution in [0.3, 0.4) is 0 Å². The van der Waals surface area contributed by atoms with Crippen molar-refractivity contribution in [3.63, 3.8) is 0 Å². The van der Waals surface area contributed by atoms with Crippen LogP contribution in [-0.2, 0) is 4.74 Å². The maximum absolute atomic E-state index is 13.4. The zero-order chi connectivity index (χ0) is 17.8. The molecule has 0 unspecified atom stereocenters. The number of carbonyl (C=O) groups is 1. The first-order valence-corrected chi connectivity index (χ1v) is 9.00. The summed E-state index contributed by atoms with van der Waals surface area (Å²) in [5.74, 6) is 0.0754. The van der Waals surface area contributed by atoms with Crippen molar-refractivity contribution >= 4 is 17.0 Å². The van der Waals surface area contributed by atoms with Gasteiger partial charge in [0.25, 0.3) is 11.6 Å². The van der Waals surface area contributed by atoms with E-state index in [2.05, 4.69) is 22.0 Å². The fraction of sp³-hybridized carbons (Fsp3) is 0.632. The molecular weight excluding hydrogens is 318 g/mol. The number of nitrogens with zero attached hydrogens (tertiary/aromatic N) is 3. The molecule has 25 heavy (non-hydrogen) atoms. The van der Waals surface area contributed by atoms with Gasteiger partial charge < -0.3 is 14.2 Å². The average molecular weight is 343 g/mol. The molecule has 6 nitrogen and oxygen atoms in total. The molecule has 0 spiro atoms. The molecule has 6 heteroatoms. The highest BCUT2D eigenvalue weighted by atomic mass is 16.5. The van der Waals surface area contributed by atoms with E-state index in [0.717, 1.165) is 49.0 Å². The van der Waals surface area contributed by atoms with Crippen LogP contribution in [0.4, 0.5) is 0 Å². The Morgan fingerprint density at radius 1 is 1.40 bits per heavy atom. The molecule has 0 aromatic carbocycles. The predicted octanol–water partition coefficient (Wildman–Crippen LogP) is 3.26. The van der Waals surface area contributed by atoms with E-state index in [1.807, 2.05) is 19.9 Å². The summed E-state index contributed by atoms with van der Waals surface area (Å²) in [6.45, 7) is 6.83. The Balaban J connectivity index is 1.70. The molecule has 0 bridgehead atoms. The Morgan fingerprint density at radius 2 is 2.20 bits per heavy atom. The van der Waals surface area contributed by atoms with Gasteiger partial charge in [0.05, 0.1) is 22.7 Å². The van der Waals surface area contributed by atoms with Gasteiger partial charge in [0.15, 0.2) is 0 Å². The maximum Gasteiger partial charge on any atom is 0.258 e. The molecule has 0 N–H and O–H groups in total. The zero-order valence-electron chi connectivity index (χ0n) is 15.3. The third-order valence-corrected chi connectivity index (χ3v) is 6.13. The van der Waals surface area contributed by atoms with E-state index in [1.54, 1.807) is 7.11 Å². The zero-order valence-corrected chi connectivity index (χ0v) is 15.3. The van der Waals surface area contributed by atoms with E-state index >= 15 is 0 Å². The van der Waals surface area contributed by atoms with Gasteiger partial charge in [-0.05, 0) is 51.0 Å². The number of amides is 1.